The smallest absolute Gasteiger partial charge is 0.418 e. The van der Waals surface area contributed by atoms with Crippen molar-refractivity contribution in [1.29, 1.82) is 0 Å². The molecule has 5 rings (SSSR count). The van der Waals surface area contributed by atoms with E-state index in [1.54, 1.807) is 25.2 Å². The molecule has 0 spiro atoms. The summed E-state index contributed by atoms with van der Waals surface area (Å²) in [6, 6.07) is 8.97. The molecule has 0 saturated carbocycles. The lowest BCUT2D eigenvalue weighted by Gasteiger charge is -2.22. The minimum Gasteiger partial charge on any atom is -0.497 e. The van der Waals surface area contributed by atoms with Gasteiger partial charge in [-0.25, -0.2) is 0 Å². The first-order chi connectivity index (χ1) is 19.1. The Morgan fingerprint density at radius 1 is 1.07 bits per heavy atom. The molecule has 1 unspecified atom stereocenters. The zero-order chi connectivity index (χ0) is 28.6. The van der Waals surface area contributed by atoms with Crippen LogP contribution in [-0.4, -0.2) is 50.0 Å². The Hall–Kier alpha value is -4.02. The van der Waals surface area contributed by atoms with E-state index in [1.807, 2.05) is 4.90 Å². The summed E-state index contributed by atoms with van der Waals surface area (Å²) in [4.78, 5) is 27.4. The van der Waals surface area contributed by atoms with E-state index in [-0.39, 0.29) is 17.5 Å². The van der Waals surface area contributed by atoms with E-state index in [0.717, 1.165) is 22.7 Å². The van der Waals surface area contributed by atoms with E-state index in [2.05, 4.69) is 10.4 Å². The van der Waals surface area contributed by atoms with Crippen LogP contribution in [0.1, 0.15) is 36.0 Å². The average Bonchev–Trinajstić information content (AvgIpc) is 3.62. The Morgan fingerprint density at radius 3 is 2.42 bits per heavy atom. The molecule has 1 aliphatic heterocycles. The highest BCUT2D eigenvalue weighted by Crippen LogP contribution is 2.38. The predicted octanol–water partition coefficient (Wildman–Crippen LogP) is 4.39. The molecule has 0 bridgehead atoms. The molecule has 1 aliphatic carbocycles. The third kappa shape index (κ3) is 5.24. The molecular formula is C29H31F3N4O4. The highest BCUT2D eigenvalue weighted by molar-refractivity contribution is 5.76. The highest BCUT2D eigenvalue weighted by atomic mass is 19.4. The predicted molar refractivity (Wildman–Crippen MR) is 144 cm³/mol. The fourth-order valence-electron chi connectivity index (χ4n) is 5.64. The maximum atomic E-state index is 14.3. The van der Waals surface area contributed by atoms with Crippen LogP contribution in [0.5, 0.6) is 11.5 Å². The summed E-state index contributed by atoms with van der Waals surface area (Å²) < 4.78 is 54.5. The molecule has 212 valence electrons. The number of nitrogens with one attached hydrogen (secondary N) is 1. The van der Waals surface area contributed by atoms with Crippen molar-refractivity contribution < 1.29 is 27.4 Å². The Bertz CT molecular complexity index is 1480. The molecule has 1 fully saturated rings. The molecule has 3 aromatic rings. The number of ether oxygens (including phenoxy) is 2. The number of nitrogens with zero attached hydrogens (tertiary/aromatic N) is 3. The number of carbonyl (C=O) groups is 1. The van der Waals surface area contributed by atoms with Crippen LogP contribution >= 0.6 is 0 Å². The Kier molecular flexibility index (Phi) is 7.48. The molecular weight excluding hydrogens is 525 g/mol. The van der Waals surface area contributed by atoms with Crippen LogP contribution in [0, 0.1) is 5.92 Å². The van der Waals surface area contributed by atoms with Gasteiger partial charge in [-0.2, -0.15) is 23.0 Å². The number of aromatic nitrogens is 2. The van der Waals surface area contributed by atoms with Crippen molar-refractivity contribution in [3.63, 3.8) is 0 Å². The van der Waals surface area contributed by atoms with Gasteiger partial charge in [-0.1, -0.05) is 0 Å². The summed E-state index contributed by atoms with van der Waals surface area (Å²) in [6.45, 7) is 1.12. The number of hydrogen-bond acceptors (Lipinski definition) is 6. The first-order valence-electron chi connectivity index (χ1n) is 13.2. The third-order valence-corrected chi connectivity index (χ3v) is 7.70. The molecule has 11 heteroatoms. The Balaban J connectivity index is 1.65. The second kappa shape index (κ2) is 10.9. The van der Waals surface area contributed by atoms with Crippen LogP contribution in [0.4, 0.5) is 18.9 Å². The van der Waals surface area contributed by atoms with Gasteiger partial charge in [0.15, 0.2) is 0 Å². The van der Waals surface area contributed by atoms with Crippen molar-refractivity contribution in [2.75, 3.05) is 39.3 Å². The number of alkyl halides is 3. The van der Waals surface area contributed by atoms with Gasteiger partial charge < -0.3 is 19.7 Å². The number of rotatable bonds is 7. The van der Waals surface area contributed by atoms with E-state index >= 15 is 0 Å². The molecule has 1 amide bonds. The number of hydrogen-bond donors (Lipinski definition) is 1. The van der Waals surface area contributed by atoms with Crippen LogP contribution < -0.4 is 25.2 Å². The van der Waals surface area contributed by atoms with Gasteiger partial charge in [-0.3, -0.25) is 9.59 Å². The molecule has 2 heterocycles. The third-order valence-electron chi connectivity index (χ3n) is 7.70. The van der Waals surface area contributed by atoms with E-state index < -0.39 is 17.3 Å². The second-order valence-electron chi connectivity index (χ2n) is 10.2. The molecule has 2 aromatic carbocycles. The summed E-state index contributed by atoms with van der Waals surface area (Å²) in [5, 5.41) is 7.18. The number of carbonyl (C=O) groups excluding carboxylic acids is 1. The summed E-state index contributed by atoms with van der Waals surface area (Å²) in [7, 11) is 4.60. The number of benzene rings is 2. The van der Waals surface area contributed by atoms with E-state index in [9.17, 15) is 22.8 Å². The molecule has 8 nitrogen and oxygen atoms in total. The number of fused-ring (bicyclic) bond motifs is 1. The summed E-state index contributed by atoms with van der Waals surface area (Å²) >= 11 is 0. The Morgan fingerprint density at radius 2 is 1.77 bits per heavy atom. The number of methoxy groups -OCH3 is 2. The standard InChI is InChI=1S/C29H31F3N4O4/c1-33-26(37)11-17-9-10-35(16-17)19-7-8-24(29(30,31)32)25(14-19)36-28(38)23-6-4-5-22(23)27(34-36)18-12-20(39-2)15-21(13-18)40-3/h7-8,12-15,17H,4-6,9-11,16H2,1-3H3,(H,33,37). The van der Waals surface area contributed by atoms with Crippen LogP contribution in [0.15, 0.2) is 41.2 Å². The average molecular weight is 557 g/mol. The summed E-state index contributed by atoms with van der Waals surface area (Å²) in [5.41, 5.74) is 0.942. The van der Waals surface area contributed by atoms with Gasteiger partial charge in [0, 0.05) is 49.4 Å². The first-order valence-corrected chi connectivity index (χ1v) is 13.2. The molecule has 2 aliphatic rings. The quantitative estimate of drug-likeness (QED) is 0.465. The number of amides is 1. The number of halogens is 3. The van der Waals surface area contributed by atoms with Crippen molar-refractivity contribution >= 4 is 11.6 Å². The zero-order valence-electron chi connectivity index (χ0n) is 22.6. The molecule has 1 atom stereocenters. The lowest BCUT2D eigenvalue weighted by Crippen LogP contribution is -2.29. The lowest BCUT2D eigenvalue weighted by atomic mass is 10.0. The van der Waals surface area contributed by atoms with Crippen molar-refractivity contribution in [1.82, 2.24) is 15.1 Å². The summed E-state index contributed by atoms with van der Waals surface area (Å²) in [6.07, 6.45) is -1.86. The largest absolute Gasteiger partial charge is 0.497 e. The Labute approximate surface area is 229 Å². The fraction of sp³-hybridized carbons (Fsp3) is 0.414. The van der Waals surface area contributed by atoms with Crippen molar-refractivity contribution in [3.8, 4) is 28.4 Å². The van der Waals surface area contributed by atoms with Crippen molar-refractivity contribution in [2.24, 2.45) is 5.92 Å². The summed E-state index contributed by atoms with van der Waals surface area (Å²) in [5.74, 6) is 1.01. The fourth-order valence-corrected chi connectivity index (χ4v) is 5.64. The van der Waals surface area contributed by atoms with Crippen molar-refractivity contribution in [2.45, 2.75) is 38.3 Å². The van der Waals surface area contributed by atoms with Gasteiger partial charge in [0.25, 0.3) is 5.56 Å². The molecule has 40 heavy (non-hydrogen) atoms. The molecule has 1 aromatic heterocycles. The molecule has 0 radical (unpaired) electrons. The van der Waals surface area contributed by atoms with E-state index in [1.165, 1.54) is 26.4 Å². The maximum Gasteiger partial charge on any atom is 0.418 e. The minimum atomic E-state index is -4.71. The second-order valence-corrected chi connectivity index (χ2v) is 10.2. The zero-order valence-corrected chi connectivity index (χ0v) is 22.6. The van der Waals surface area contributed by atoms with Crippen LogP contribution in [0.2, 0.25) is 0 Å². The van der Waals surface area contributed by atoms with Gasteiger partial charge in [0.05, 0.1) is 31.2 Å². The van der Waals surface area contributed by atoms with E-state index in [4.69, 9.17) is 9.47 Å². The van der Waals surface area contributed by atoms with Gasteiger partial charge in [0.1, 0.15) is 11.5 Å². The lowest BCUT2D eigenvalue weighted by molar-refractivity contribution is -0.137. The maximum absolute atomic E-state index is 14.3. The normalized spacial score (nSPS) is 16.6. The molecule has 1 N–H and O–H groups in total. The highest BCUT2D eigenvalue weighted by Gasteiger charge is 2.36. The van der Waals surface area contributed by atoms with Gasteiger partial charge >= 0.3 is 6.18 Å². The monoisotopic (exact) mass is 556 g/mol. The van der Waals surface area contributed by atoms with Gasteiger partial charge in [0.2, 0.25) is 5.91 Å². The van der Waals surface area contributed by atoms with Crippen molar-refractivity contribution in [3.05, 3.63) is 63.4 Å². The van der Waals surface area contributed by atoms with Gasteiger partial charge in [-0.15, -0.1) is 0 Å². The van der Waals surface area contributed by atoms with Crippen LogP contribution in [0.25, 0.3) is 16.9 Å². The van der Waals surface area contributed by atoms with Crippen LogP contribution in [0.3, 0.4) is 0 Å². The SMILES string of the molecule is CNC(=O)CC1CCN(c2ccc(C(F)(F)F)c(-n3nc(-c4cc(OC)cc(OC)c4)c4c(c3=O)CCC4)c2)C1. The van der Waals surface area contributed by atoms with Crippen LogP contribution in [-0.2, 0) is 23.8 Å². The van der Waals surface area contributed by atoms with E-state index in [0.29, 0.717) is 72.8 Å². The molecule has 1 saturated heterocycles. The number of anilines is 1. The minimum absolute atomic E-state index is 0.0736. The first kappa shape index (κ1) is 27.5. The van der Waals surface area contributed by atoms with Gasteiger partial charge in [-0.05, 0) is 67.5 Å². The topological polar surface area (TPSA) is 85.7 Å².